The number of nitrogens with one attached hydrogen (secondary N) is 1. The zero-order valence-corrected chi connectivity index (χ0v) is 9.61. The minimum atomic E-state index is -0.477. The molecule has 1 aromatic heterocycles. The van der Waals surface area contributed by atoms with Gasteiger partial charge in [-0.05, 0) is 24.8 Å². The first-order valence-corrected chi connectivity index (χ1v) is 5.36. The zero-order valence-electron chi connectivity index (χ0n) is 8.79. The highest BCUT2D eigenvalue weighted by atomic mass is 32.1. The molecule has 0 aromatic carbocycles. The van der Waals surface area contributed by atoms with E-state index in [1.54, 1.807) is 0 Å². The molecule has 1 N–H and O–H groups in total. The number of aromatic nitrogens is 1. The summed E-state index contributed by atoms with van der Waals surface area (Å²) in [6.07, 6.45) is 2.63. The summed E-state index contributed by atoms with van der Waals surface area (Å²) in [7, 11) is 1.31. The van der Waals surface area contributed by atoms with Crippen molar-refractivity contribution in [2.45, 2.75) is 19.3 Å². The number of fused-ring (bicyclic) bond motifs is 1. The zero-order chi connectivity index (χ0) is 11.7. The molecule has 1 aliphatic carbocycles. The van der Waals surface area contributed by atoms with Crippen molar-refractivity contribution in [3.63, 3.8) is 0 Å². The van der Waals surface area contributed by atoms with E-state index in [0.717, 1.165) is 30.5 Å². The molecule has 0 atom stereocenters. The van der Waals surface area contributed by atoms with Crippen molar-refractivity contribution in [1.82, 2.24) is 4.98 Å². The molecule has 1 heterocycles. The normalized spacial score (nSPS) is 13.0. The molecule has 0 aliphatic heterocycles. The molecule has 0 fully saturated rings. The Kier molecular flexibility index (Phi) is 2.75. The van der Waals surface area contributed by atoms with E-state index in [0.29, 0.717) is 10.2 Å². The molecule has 0 saturated heterocycles. The van der Waals surface area contributed by atoms with E-state index < -0.39 is 5.97 Å². The number of aryl methyl sites for hydroxylation is 1. The minimum absolute atomic E-state index is 0.225. The summed E-state index contributed by atoms with van der Waals surface area (Å²) in [4.78, 5) is 14.7. The van der Waals surface area contributed by atoms with Gasteiger partial charge in [0.15, 0.2) is 0 Å². The molecule has 16 heavy (non-hydrogen) atoms. The van der Waals surface area contributed by atoms with Crippen LogP contribution in [0.2, 0.25) is 0 Å². The number of rotatable bonds is 1. The van der Waals surface area contributed by atoms with Crippen LogP contribution in [-0.4, -0.2) is 18.1 Å². The molecule has 0 bridgehead atoms. The molecule has 0 saturated carbocycles. The van der Waals surface area contributed by atoms with Crippen LogP contribution in [0, 0.1) is 16.0 Å². The second kappa shape index (κ2) is 4.06. The highest BCUT2D eigenvalue weighted by Gasteiger charge is 2.24. The number of H-pyrrole nitrogens is 1. The van der Waals surface area contributed by atoms with Crippen molar-refractivity contribution >= 4 is 18.2 Å². The Morgan fingerprint density at radius 3 is 2.94 bits per heavy atom. The highest BCUT2D eigenvalue weighted by molar-refractivity contribution is 7.71. The second-order valence-corrected chi connectivity index (χ2v) is 4.03. The fourth-order valence-corrected chi connectivity index (χ4v) is 2.33. The van der Waals surface area contributed by atoms with Crippen LogP contribution in [0.3, 0.4) is 0 Å². The first-order chi connectivity index (χ1) is 7.69. The number of hydrogen-bond donors (Lipinski definition) is 1. The number of nitrogens with zero attached hydrogens (tertiary/aromatic N) is 1. The second-order valence-electron chi connectivity index (χ2n) is 3.62. The number of carbonyl (C=O) groups is 1. The summed E-state index contributed by atoms with van der Waals surface area (Å²) in [5.41, 5.74) is 2.42. The van der Waals surface area contributed by atoms with Gasteiger partial charge in [0, 0.05) is 5.69 Å². The Morgan fingerprint density at radius 1 is 1.56 bits per heavy atom. The monoisotopic (exact) mass is 234 g/mol. The lowest BCUT2D eigenvalue weighted by Crippen LogP contribution is -2.10. The molecule has 4 nitrogen and oxygen atoms in total. The highest BCUT2D eigenvalue weighted by Crippen LogP contribution is 2.27. The fraction of sp³-hybridized carbons (Fsp3) is 0.364. The standard InChI is InChI=1S/C11H10N2O2S/c1-15-11(14)9-6-3-2-4-8(6)13-10(16)7(9)5-12/h2-4H2,1H3,(H,13,16). The van der Waals surface area contributed by atoms with Gasteiger partial charge < -0.3 is 9.72 Å². The van der Waals surface area contributed by atoms with E-state index in [1.807, 2.05) is 6.07 Å². The summed E-state index contributed by atoms with van der Waals surface area (Å²) in [5, 5.41) is 9.03. The van der Waals surface area contributed by atoms with Crippen LogP contribution < -0.4 is 0 Å². The molecule has 0 unspecified atom stereocenters. The number of pyridine rings is 1. The summed E-state index contributed by atoms with van der Waals surface area (Å²) >= 11 is 5.06. The smallest absolute Gasteiger partial charge is 0.339 e. The third-order valence-electron chi connectivity index (χ3n) is 2.76. The fourth-order valence-electron chi connectivity index (χ4n) is 2.06. The van der Waals surface area contributed by atoms with Crippen LogP contribution in [-0.2, 0) is 17.6 Å². The molecular weight excluding hydrogens is 224 g/mol. The Balaban J connectivity index is 2.78. The van der Waals surface area contributed by atoms with E-state index in [1.165, 1.54) is 7.11 Å². The lowest BCUT2D eigenvalue weighted by Gasteiger charge is -2.08. The molecule has 5 heteroatoms. The predicted molar refractivity (Wildman–Crippen MR) is 59.7 cm³/mol. The van der Waals surface area contributed by atoms with Gasteiger partial charge in [0.1, 0.15) is 16.3 Å². The molecule has 0 spiro atoms. The van der Waals surface area contributed by atoms with Gasteiger partial charge in [-0.15, -0.1) is 0 Å². The Hall–Kier alpha value is -1.67. The average molecular weight is 234 g/mol. The topological polar surface area (TPSA) is 65.9 Å². The van der Waals surface area contributed by atoms with Gasteiger partial charge in [0.05, 0.1) is 12.7 Å². The van der Waals surface area contributed by atoms with E-state index in [2.05, 4.69) is 4.98 Å². The molecule has 0 radical (unpaired) electrons. The molecule has 0 amide bonds. The van der Waals surface area contributed by atoms with Gasteiger partial charge in [-0.1, -0.05) is 12.2 Å². The quantitative estimate of drug-likeness (QED) is 0.595. The van der Waals surface area contributed by atoms with Crippen LogP contribution in [0.25, 0.3) is 0 Å². The maximum Gasteiger partial charge on any atom is 0.339 e. The SMILES string of the molecule is COC(=O)c1c2c([nH]c(=S)c1C#N)CCC2. The van der Waals surface area contributed by atoms with Crippen molar-refractivity contribution in [1.29, 1.82) is 5.26 Å². The predicted octanol–water partition coefficient (Wildman–Crippen LogP) is 1.89. The third kappa shape index (κ3) is 1.51. The van der Waals surface area contributed by atoms with E-state index in [9.17, 15) is 4.79 Å². The van der Waals surface area contributed by atoms with Crippen molar-refractivity contribution < 1.29 is 9.53 Å². The van der Waals surface area contributed by atoms with Crippen molar-refractivity contribution in [2.24, 2.45) is 0 Å². The number of ether oxygens (including phenoxy) is 1. The lowest BCUT2D eigenvalue weighted by atomic mass is 10.0. The van der Waals surface area contributed by atoms with E-state index >= 15 is 0 Å². The van der Waals surface area contributed by atoms with Gasteiger partial charge in [-0.25, -0.2) is 4.79 Å². The molecule has 82 valence electrons. The summed E-state index contributed by atoms with van der Waals surface area (Å²) in [5.74, 6) is -0.477. The van der Waals surface area contributed by atoms with Gasteiger partial charge in [-0.3, -0.25) is 0 Å². The van der Waals surface area contributed by atoms with Crippen LogP contribution in [0.4, 0.5) is 0 Å². The van der Waals surface area contributed by atoms with Gasteiger partial charge in [-0.2, -0.15) is 5.26 Å². The number of methoxy groups -OCH3 is 1. The Morgan fingerprint density at radius 2 is 2.31 bits per heavy atom. The van der Waals surface area contributed by atoms with Crippen molar-refractivity contribution in [3.8, 4) is 6.07 Å². The van der Waals surface area contributed by atoms with Crippen LogP contribution >= 0.6 is 12.2 Å². The van der Waals surface area contributed by atoms with Crippen LogP contribution in [0.15, 0.2) is 0 Å². The summed E-state index contributed by atoms with van der Waals surface area (Å²) in [6.45, 7) is 0. The molecule has 1 aromatic rings. The number of nitriles is 1. The van der Waals surface area contributed by atoms with Gasteiger partial charge in [0.25, 0.3) is 0 Å². The maximum absolute atomic E-state index is 11.7. The number of hydrogen-bond acceptors (Lipinski definition) is 4. The molecular formula is C11H10N2O2S. The maximum atomic E-state index is 11.7. The number of aromatic amines is 1. The third-order valence-corrected chi connectivity index (χ3v) is 3.07. The van der Waals surface area contributed by atoms with Crippen molar-refractivity contribution in [3.05, 3.63) is 27.0 Å². The Bertz CT molecular complexity index is 554. The summed E-state index contributed by atoms with van der Waals surface area (Å²) in [6, 6.07) is 1.97. The number of esters is 1. The average Bonchev–Trinajstić information content (AvgIpc) is 2.73. The van der Waals surface area contributed by atoms with E-state index in [-0.39, 0.29) is 5.56 Å². The van der Waals surface area contributed by atoms with Gasteiger partial charge >= 0.3 is 5.97 Å². The number of carbonyl (C=O) groups excluding carboxylic acids is 1. The van der Waals surface area contributed by atoms with Crippen molar-refractivity contribution in [2.75, 3.05) is 7.11 Å². The molecule has 2 rings (SSSR count). The molecule has 1 aliphatic rings. The lowest BCUT2D eigenvalue weighted by molar-refractivity contribution is 0.0599. The Labute approximate surface area is 97.9 Å². The largest absolute Gasteiger partial charge is 0.465 e. The summed E-state index contributed by atoms with van der Waals surface area (Å²) < 4.78 is 5.03. The van der Waals surface area contributed by atoms with E-state index in [4.69, 9.17) is 22.2 Å². The van der Waals surface area contributed by atoms with Crippen LogP contribution in [0.1, 0.15) is 33.6 Å². The first-order valence-electron chi connectivity index (χ1n) is 4.95. The van der Waals surface area contributed by atoms with Crippen LogP contribution in [0.5, 0.6) is 0 Å². The first kappa shape index (κ1) is 10.8. The minimum Gasteiger partial charge on any atom is -0.465 e. The van der Waals surface area contributed by atoms with Gasteiger partial charge in [0.2, 0.25) is 0 Å².